The summed E-state index contributed by atoms with van der Waals surface area (Å²) in [5.74, 6) is 0.817. The minimum Gasteiger partial charge on any atom is -0.342 e. The van der Waals surface area contributed by atoms with Gasteiger partial charge in [0.15, 0.2) is 0 Å². The van der Waals surface area contributed by atoms with Crippen molar-refractivity contribution in [2.24, 2.45) is 0 Å². The number of nitrogens with one attached hydrogen (secondary N) is 1. The van der Waals surface area contributed by atoms with Crippen LogP contribution in [-0.4, -0.2) is 36.0 Å². The Bertz CT molecular complexity index is 453. The van der Waals surface area contributed by atoms with E-state index in [0.717, 1.165) is 32.4 Å². The van der Waals surface area contributed by atoms with Crippen LogP contribution in [0.4, 0.5) is 0 Å². The molecule has 1 aliphatic carbocycles. The summed E-state index contributed by atoms with van der Waals surface area (Å²) in [6, 6.07) is 10.6. The van der Waals surface area contributed by atoms with Crippen molar-refractivity contribution in [2.75, 3.05) is 19.6 Å². The molecule has 1 aromatic carbocycles. The van der Waals surface area contributed by atoms with Gasteiger partial charge in [0.2, 0.25) is 5.91 Å². The van der Waals surface area contributed by atoms with Gasteiger partial charge in [0, 0.05) is 24.5 Å². The first kappa shape index (κ1) is 12.7. The van der Waals surface area contributed by atoms with Gasteiger partial charge in [0.25, 0.3) is 0 Å². The van der Waals surface area contributed by atoms with Crippen molar-refractivity contribution >= 4 is 5.91 Å². The number of amides is 1. The molecule has 0 bridgehead atoms. The standard InChI is InChI=1S/C16H22N2O/c1-16(11-14(16)13-7-3-2-4-8-13)17-12-15(19)18-9-5-6-10-18/h2-4,7-8,14,17H,5-6,9-12H2,1H3. The monoisotopic (exact) mass is 258 g/mol. The minimum atomic E-state index is 0.108. The summed E-state index contributed by atoms with van der Waals surface area (Å²) in [4.78, 5) is 14.0. The Labute approximate surface area is 115 Å². The Balaban J connectivity index is 1.52. The summed E-state index contributed by atoms with van der Waals surface area (Å²) < 4.78 is 0. The summed E-state index contributed by atoms with van der Waals surface area (Å²) in [7, 11) is 0. The van der Waals surface area contributed by atoms with Gasteiger partial charge in [0.1, 0.15) is 0 Å². The van der Waals surface area contributed by atoms with Crippen molar-refractivity contribution in [3.05, 3.63) is 35.9 Å². The second kappa shape index (κ2) is 4.97. The first-order valence-electron chi connectivity index (χ1n) is 7.27. The quantitative estimate of drug-likeness (QED) is 0.897. The molecule has 1 amide bonds. The topological polar surface area (TPSA) is 32.3 Å². The van der Waals surface area contributed by atoms with Crippen LogP contribution in [0.25, 0.3) is 0 Å². The molecule has 3 heteroatoms. The fourth-order valence-corrected chi connectivity index (χ4v) is 3.09. The highest BCUT2D eigenvalue weighted by Gasteiger charge is 2.50. The van der Waals surface area contributed by atoms with Crippen LogP contribution in [0.15, 0.2) is 30.3 Å². The van der Waals surface area contributed by atoms with Crippen molar-refractivity contribution in [1.29, 1.82) is 0 Å². The van der Waals surface area contributed by atoms with Crippen molar-refractivity contribution in [3.63, 3.8) is 0 Å². The molecule has 1 aromatic rings. The second-order valence-corrected chi connectivity index (χ2v) is 6.03. The molecule has 2 aliphatic rings. The van der Waals surface area contributed by atoms with E-state index in [1.165, 1.54) is 5.56 Å². The maximum absolute atomic E-state index is 12.0. The number of rotatable bonds is 4. The van der Waals surface area contributed by atoms with Crippen LogP contribution < -0.4 is 5.32 Å². The molecule has 2 atom stereocenters. The fraction of sp³-hybridized carbons (Fsp3) is 0.562. The molecule has 1 saturated heterocycles. The lowest BCUT2D eigenvalue weighted by molar-refractivity contribution is -0.129. The van der Waals surface area contributed by atoms with Gasteiger partial charge in [-0.2, -0.15) is 0 Å². The number of likely N-dealkylation sites (tertiary alicyclic amines) is 1. The molecule has 19 heavy (non-hydrogen) atoms. The van der Waals surface area contributed by atoms with Gasteiger partial charge in [-0.15, -0.1) is 0 Å². The Kier molecular flexibility index (Phi) is 3.31. The maximum Gasteiger partial charge on any atom is 0.236 e. The number of hydrogen-bond acceptors (Lipinski definition) is 2. The molecule has 102 valence electrons. The smallest absolute Gasteiger partial charge is 0.236 e. The average molecular weight is 258 g/mol. The van der Waals surface area contributed by atoms with Crippen LogP contribution in [0.5, 0.6) is 0 Å². The van der Waals surface area contributed by atoms with E-state index in [9.17, 15) is 4.79 Å². The molecule has 2 unspecified atom stereocenters. The van der Waals surface area contributed by atoms with E-state index in [2.05, 4.69) is 36.5 Å². The number of carbonyl (C=O) groups is 1. The van der Waals surface area contributed by atoms with E-state index in [1.54, 1.807) is 0 Å². The molecule has 1 aliphatic heterocycles. The predicted molar refractivity (Wildman–Crippen MR) is 76.0 cm³/mol. The zero-order valence-electron chi connectivity index (χ0n) is 11.6. The molecule has 0 aromatic heterocycles. The Morgan fingerprint density at radius 1 is 1.32 bits per heavy atom. The van der Waals surface area contributed by atoms with Gasteiger partial charge in [-0.05, 0) is 31.7 Å². The largest absolute Gasteiger partial charge is 0.342 e. The fourth-order valence-electron chi connectivity index (χ4n) is 3.09. The minimum absolute atomic E-state index is 0.108. The number of benzene rings is 1. The number of nitrogens with zero attached hydrogens (tertiary/aromatic N) is 1. The molecule has 3 nitrogen and oxygen atoms in total. The van der Waals surface area contributed by atoms with Crippen LogP contribution in [0.3, 0.4) is 0 Å². The zero-order chi connectivity index (χ0) is 13.3. The van der Waals surface area contributed by atoms with Crippen molar-refractivity contribution in [2.45, 2.75) is 37.6 Å². The maximum atomic E-state index is 12.0. The molecular formula is C16H22N2O. The van der Waals surface area contributed by atoms with Crippen LogP contribution in [0.1, 0.15) is 37.7 Å². The Morgan fingerprint density at radius 3 is 2.68 bits per heavy atom. The first-order valence-corrected chi connectivity index (χ1v) is 7.27. The van der Waals surface area contributed by atoms with E-state index in [0.29, 0.717) is 12.5 Å². The summed E-state index contributed by atoms with van der Waals surface area (Å²) >= 11 is 0. The average Bonchev–Trinajstić information content (AvgIpc) is 2.88. The van der Waals surface area contributed by atoms with Crippen molar-refractivity contribution in [3.8, 4) is 0 Å². The highest BCUT2D eigenvalue weighted by molar-refractivity contribution is 5.78. The molecule has 3 rings (SSSR count). The summed E-state index contributed by atoms with van der Waals surface area (Å²) in [6.07, 6.45) is 3.45. The first-order chi connectivity index (χ1) is 9.19. The van der Waals surface area contributed by atoms with Gasteiger partial charge in [0.05, 0.1) is 6.54 Å². The number of carbonyl (C=O) groups excluding carboxylic acids is 1. The molecule has 1 saturated carbocycles. The van der Waals surface area contributed by atoms with E-state index < -0.39 is 0 Å². The second-order valence-electron chi connectivity index (χ2n) is 6.03. The van der Waals surface area contributed by atoms with E-state index >= 15 is 0 Å². The molecule has 1 N–H and O–H groups in total. The third-order valence-electron chi connectivity index (χ3n) is 4.54. The van der Waals surface area contributed by atoms with Crippen molar-refractivity contribution < 1.29 is 4.79 Å². The molecule has 0 radical (unpaired) electrons. The van der Waals surface area contributed by atoms with Gasteiger partial charge in [-0.3, -0.25) is 4.79 Å². The predicted octanol–water partition coefficient (Wildman–Crippen LogP) is 2.14. The lowest BCUT2D eigenvalue weighted by Crippen LogP contribution is -2.41. The highest BCUT2D eigenvalue weighted by atomic mass is 16.2. The zero-order valence-corrected chi connectivity index (χ0v) is 11.6. The molecular weight excluding hydrogens is 236 g/mol. The lowest BCUT2D eigenvalue weighted by Gasteiger charge is -2.19. The van der Waals surface area contributed by atoms with Gasteiger partial charge >= 0.3 is 0 Å². The molecule has 2 fully saturated rings. The molecule has 1 heterocycles. The van der Waals surface area contributed by atoms with Crippen LogP contribution >= 0.6 is 0 Å². The molecule has 0 spiro atoms. The van der Waals surface area contributed by atoms with E-state index in [1.807, 2.05) is 11.0 Å². The Morgan fingerprint density at radius 2 is 2.00 bits per heavy atom. The van der Waals surface area contributed by atoms with Crippen LogP contribution in [0.2, 0.25) is 0 Å². The van der Waals surface area contributed by atoms with Gasteiger partial charge in [-0.1, -0.05) is 30.3 Å². The Hall–Kier alpha value is -1.35. The number of hydrogen-bond donors (Lipinski definition) is 1. The van der Waals surface area contributed by atoms with Crippen molar-refractivity contribution in [1.82, 2.24) is 10.2 Å². The third-order valence-corrected chi connectivity index (χ3v) is 4.54. The van der Waals surface area contributed by atoms with Gasteiger partial charge < -0.3 is 10.2 Å². The van der Waals surface area contributed by atoms with E-state index in [-0.39, 0.29) is 11.4 Å². The third kappa shape index (κ3) is 2.66. The summed E-state index contributed by atoms with van der Waals surface area (Å²) in [6.45, 7) is 4.60. The van der Waals surface area contributed by atoms with Crippen LogP contribution in [-0.2, 0) is 4.79 Å². The lowest BCUT2D eigenvalue weighted by atomic mass is 10.1. The summed E-state index contributed by atoms with van der Waals surface area (Å²) in [5.41, 5.74) is 1.49. The summed E-state index contributed by atoms with van der Waals surface area (Å²) in [5, 5.41) is 3.47. The highest BCUT2D eigenvalue weighted by Crippen LogP contribution is 2.50. The van der Waals surface area contributed by atoms with Gasteiger partial charge in [-0.25, -0.2) is 0 Å². The normalized spacial score (nSPS) is 29.5. The van der Waals surface area contributed by atoms with E-state index in [4.69, 9.17) is 0 Å². The van der Waals surface area contributed by atoms with Crippen LogP contribution in [0, 0.1) is 0 Å². The SMILES string of the molecule is CC1(NCC(=O)N2CCCC2)CC1c1ccccc1.